The average molecular weight is 219 g/mol. The van der Waals surface area contributed by atoms with Gasteiger partial charge in [-0.25, -0.2) is 4.52 Å². The Morgan fingerprint density at radius 3 is 2.88 bits per heavy atom. The molecule has 2 N–H and O–H groups in total. The number of rotatable bonds is 2. The largest absolute Gasteiger partial charge is 0.494 e. The Labute approximate surface area is 92.6 Å². The molecule has 0 spiro atoms. The molecule has 1 aliphatic rings. The molecule has 3 rings (SSSR count). The van der Waals surface area contributed by atoms with Crippen molar-refractivity contribution in [3.63, 3.8) is 0 Å². The third kappa shape index (κ3) is 1.26. The second-order valence-corrected chi connectivity index (χ2v) is 3.84. The van der Waals surface area contributed by atoms with Crippen molar-refractivity contribution in [3.8, 4) is 5.75 Å². The Balaban J connectivity index is 2.16. The number of methoxy groups -OCH3 is 1. The lowest BCUT2D eigenvalue weighted by Crippen LogP contribution is -2.37. The van der Waals surface area contributed by atoms with E-state index in [9.17, 15) is 0 Å². The average Bonchev–Trinajstić information content (AvgIpc) is 2.53. The van der Waals surface area contributed by atoms with Crippen LogP contribution < -0.4 is 15.4 Å². The van der Waals surface area contributed by atoms with Crippen LogP contribution in [0.1, 0.15) is 6.42 Å². The number of nitrogens with zero attached hydrogens (tertiary/aromatic N) is 4. The highest BCUT2D eigenvalue weighted by molar-refractivity contribution is 5.64. The number of ether oxygens (including phenoxy) is 1. The predicted molar refractivity (Wildman–Crippen MR) is 60.8 cm³/mol. The molecule has 0 unspecified atom stereocenters. The van der Waals surface area contributed by atoms with Crippen molar-refractivity contribution in [1.29, 1.82) is 0 Å². The molecule has 1 fully saturated rings. The number of fused-ring (bicyclic) bond motifs is 1. The molecule has 3 heterocycles. The molecular weight excluding hydrogens is 206 g/mol. The monoisotopic (exact) mass is 219 g/mol. The van der Waals surface area contributed by atoms with E-state index in [2.05, 4.69) is 15.0 Å². The van der Waals surface area contributed by atoms with Gasteiger partial charge in [-0.05, 0) is 6.42 Å². The zero-order valence-corrected chi connectivity index (χ0v) is 9.05. The quantitative estimate of drug-likeness (QED) is 0.798. The molecule has 0 saturated carbocycles. The highest BCUT2D eigenvalue weighted by Crippen LogP contribution is 2.31. The van der Waals surface area contributed by atoms with Crippen molar-refractivity contribution in [2.45, 2.75) is 6.42 Å². The Kier molecular flexibility index (Phi) is 1.89. The third-order valence-corrected chi connectivity index (χ3v) is 2.85. The van der Waals surface area contributed by atoms with E-state index >= 15 is 0 Å². The number of nitrogen functional groups attached to an aromatic ring is 1. The predicted octanol–water partition coefficient (Wildman–Crippen LogP) is 0.530. The summed E-state index contributed by atoms with van der Waals surface area (Å²) >= 11 is 0. The summed E-state index contributed by atoms with van der Waals surface area (Å²) in [6.07, 6.45) is 3.14. The molecule has 6 nitrogen and oxygen atoms in total. The number of nitrogens with two attached hydrogens (primary N) is 1. The first-order valence-corrected chi connectivity index (χ1v) is 5.23. The van der Waals surface area contributed by atoms with Crippen LogP contribution in [0.3, 0.4) is 0 Å². The molecule has 2 aromatic heterocycles. The van der Waals surface area contributed by atoms with Crippen LogP contribution in [0, 0.1) is 0 Å². The summed E-state index contributed by atoms with van der Waals surface area (Å²) in [5.41, 5.74) is 7.31. The van der Waals surface area contributed by atoms with Crippen LogP contribution in [-0.4, -0.2) is 34.8 Å². The minimum atomic E-state index is 0.280. The molecule has 0 radical (unpaired) electrons. The first kappa shape index (κ1) is 9.26. The van der Waals surface area contributed by atoms with Crippen LogP contribution >= 0.6 is 0 Å². The number of pyridine rings is 1. The maximum Gasteiger partial charge on any atom is 0.240 e. The lowest BCUT2D eigenvalue weighted by Gasteiger charge is -2.33. The van der Waals surface area contributed by atoms with Gasteiger partial charge in [-0.15, -0.1) is 5.10 Å². The maximum atomic E-state index is 5.56. The fourth-order valence-corrected chi connectivity index (χ4v) is 1.87. The maximum absolute atomic E-state index is 5.56. The van der Waals surface area contributed by atoms with Crippen molar-refractivity contribution in [2.24, 2.45) is 0 Å². The first-order chi connectivity index (χ1) is 7.78. The smallest absolute Gasteiger partial charge is 0.240 e. The molecule has 1 aliphatic heterocycles. The van der Waals surface area contributed by atoms with E-state index in [4.69, 9.17) is 10.5 Å². The second kappa shape index (κ2) is 3.26. The van der Waals surface area contributed by atoms with Crippen molar-refractivity contribution in [2.75, 3.05) is 30.8 Å². The highest BCUT2D eigenvalue weighted by Gasteiger charge is 2.20. The van der Waals surface area contributed by atoms with Gasteiger partial charge in [0, 0.05) is 19.2 Å². The molecule has 84 valence electrons. The van der Waals surface area contributed by atoms with Crippen LogP contribution in [-0.2, 0) is 0 Å². The molecule has 1 saturated heterocycles. The number of anilines is 2. The molecule has 6 heteroatoms. The van der Waals surface area contributed by atoms with Crippen molar-refractivity contribution in [1.82, 2.24) is 14.6 Å². The van der Waals surface area contributed by atoms with Crippen LogP contribution in [0.25, 0.3) is 5.65 Å². The number of hydrogen-bond donors (Lipinski definition) is 1. The van der Waals surface area contributed by atoms with Crippen molar-refractivity contribution >= 4 is 17.3 Å². The van der Waals surface area contributed by atoms with Gasteiger partial charge in [-0.3, -0.25) is 0 Å². The van der Waals surface area contributed by atoms with Crippen LogP contribution in [0.5, 0.6) is 5.75 Å². The Bertz CT molecular complexity index is 531. The highest BCUT2D eigenvalue weighted by atomic mass is 16.5. The summed E-state index contributed by atoms with van der Waals surface area (Å²) < 4.78 is 7.04. The summed E-state index contributed by atoms with van der Waals surface area (Å²) in [4.78, 5) is 6.34. The van der Waals surface area contributed by atoms with E-state index in [0.29, 0.717) is 5.65 Å². The summed E-state index contributed by atoms with van der Waals surface area (Å²) in [6, 6.07) is 1.86. The topological polar surface area (TPSA) is 68.7 Å². The molecule has 0 amide bonds. The van der Waals surface area contributed by atoms with E-state index in [0.717, 1.165) is 24.5 Å². The minimum Gasteiger partial charge on any atom is -0.494 e. The molecular formula is C10H13N5O. The van der Waals surface area contributed by atoms with E-state index in [1.807, 2.05) is 12.3 Å². The van der Waals surface area contributed by atoms with Gasteiger partial charge in [0.25, 0.3) is 0 Å². The summed E-state index contributed by atoms with van der Waals surface area (Å²) in [7, 11) is 1.66. The molecule has 16 heavy (non-hydrogen) atoms. The van der Waals surface area contributed by atoms with E-state index in [-0.39, 0.29) is 5.95 Å². The van der Waals surface area contributed by atoms with Crippen molar-refractivity contribution < 1.29 is 4.74 Å². The zero-order valence-electron chi connectivity index (χ0n) is 9.05. The molecule has 0 atom stereocenters. The molecule has 0 bridgehead atoms. The van der Waals surface area contributed by atoms with E-state index in [1.54, 1.807) is 11.6 Å². The summed E-state index contributed by atoms with van der Waals surface area (Å²) in [5.74, 6) is 1.10. The summed E-state index contributed by atoms with van der Waals surface area (Å²) in [6.45, 7) is 2.12. The Morgan fingerprint density at radius 2 is 2.25 bits per heavy atom. The lowest BCUT2D eigenvalue weighted by molar-refractivity contribution is 0.411. The van der Waals surface area contributed by atoms with Gasteiger partial charge in [-0.2, -0.15) is 4.98 Å². The standard InChI is InChI=1S/C10H13N5O/c1-16-8-5-9-12-10(11)13-15(9)6-7(8)14-3-2-4-14/h5-6H,2-4H2,1H3,(H2,11,13). The third-order valence-electron chi connectivity index (χ3n) is 2.85. The fraction of sp³-hybridized carbons (Fsp3) is 0.400. The van der Waals surface area contributed by atoms with Gasteiger partial charge >= 0.3 is 0 Å². The molecule has 2 aromatic rings. The minimum absolute atomic E-state index is 0.280. The van der Waals surface area contributed by atoms with Gasteiger partial charge < -0.3 is 15.4 Å². The molecule has 0 aromatic carbocycles. The van der Waals surface area contributed by atoms with Gasteiger partial charge in [-0.1, -0.05) is 0 Å². The van der Waals surface area contributed by atoms with E-state index < -0.39 is 0 Å². The first-order valence-electron chi connectivity index (χ1n) is 5.23. The van der Waals surface area contributed by atoms with Crippen molar-refractivity contribution in [3.05, 3.63) is 12.3 Å². The SMILES string of the molecule is COc1cc2nc(N)nn2cc1N1CCC1. The van der Waals surface area contributed by atoms with Gasteiger partial charge in [0.05, 0.1) is 19.0 Å². The van der Waals surface area contributed by atoms with Crippen LogP contribution in [0.15, 0.2) is 12.3 Å². The molecule has 0 aliphatic carbocycles. The van der Waals surface area contributed by atoms with Crippen LogP contribution in [0.4, 0.5) is 11.6 Å². The van der Waals surface area contributed by atoms with Crippen LogP contribution in [0.2, 0.25) is 0 Å². The number of aromatic nitrogens is 3. The van der Waals surface area contributed by atoms with Gasteiger partial charge in [0.1, 0.15) is 5.75 Å². The Morgan fingerprint density at radius 1 is 1.44 bits per heavy atom. The van der Waals surface area contributed by atoms with Gasteiger partial charge in [0.2, 0.25) is 5.95 Å². The second-order valence-electron chi connectivity index (χ2n) is 3.84. The zero-order chi connectivity index (χ0) is 11.1. The lowest BCUT2D eigenvalue weighted by atomic mass is 10.2. The summed E-state index contributed by atoms with van der Waals surface area (Å²) in [5, 5.41) is 4.09. The van der Waals surface area contributed by atoms with Gasteiger partial charge in [0.15, 0.2) is 5.65 Å². The fourth-order valence-electron chi connectivity index (χ4n) is 1.87. The number of hydrogen-bond acceptors (Lipinski definition) is 5. The normalized spacial score (nSPS) is 15.2. The Hall–Kier alpha value is -1.98. The van der Waals surface area contributed by atoms with E-state index in [1.165, 1.54) is 6.42 Å².